The van der Waals surface area contributed by atoms with Gasteiger partial charge in [-0.25, -0.2) is 4.79 Å². The number of carbonyl (C=O) groups excluding carboxylic acids is 2. The van der Waals surface area contributed by atoms with Crippen molar-refractivity contribution < 1.29 is 14.3 Å². The summed E-state index contributed by atoms with van der Waals surface area (Å²) in [5.74, 6) is 0.110. The molecule has 1 amide bonds. The maximum Gasteiger partial charge on any atom is 0.348 e. The number of thiophene rings is 1. The normalized spacial score (nSPS) is 23.4. The van der Waals surface area contributed by atoms with Crippen LogP contribution in [-0.4, -0.2) is 36.0 Å². The van der Waals surface area contributed by atoms with Crippen LogP contribution in [0.1, 0.15) is 28.9 Å². The van der Waals surface area contributed by atoms with Crippen molar-refractivity contribution in [1.29, 1.82) is 0 Å². The maximum absolute atomic E-state index is 11.7. The summed E-state index contributed by atoms with van der Waals surface area (Å²) >= 11 is 1.38. The van der Waals surface area contributed by atoms with Crippen molar-refractivity contribution in [3.05, 3.63) is 22.4 Å². The Morgan fingerprint density at radius 1 is 1.50 bits per heavy atom. The smallest absolute Gasteiger partial charge is 0.348 e. The molecule has 2 heterocycles. The molecule has 0 N–H and O–H groups in total. The first-order valence-corrected chi connectivity index (χ1v) is 7.12. The second-order valence-electron chi connectivity index (χ2n) is 4.92. The van der Waals surface area contributed by atoms with Crippen LogP contribution in [0, 0.1) is 5.92 Å². The number of hydrogen-bond donors (Lipinski definition) is 0. The molecule has 0 spiro atoms. The molecule has 0 radical (unpaired) electrons. The number of hydrogen-bond acceptors (Lipinski definition) is 4. The van der Waals surface area contributed by atoms with Gasteiger partial charge in [0.2, 0.25) is 5.91 Å². The molecule has 1 aliphatic heterocycles. The molecule has 1 aliphatic carbocycles. The largest absolute Gasteiger partial charge is 0.461 e. The van der Waals surface area contributed by atoms with Gasteiger partial charge in [0.15, 0.2) is 0 Å². The van der Waals surface area contributed by atoms with Gasteiger partial charge in [0.1, 0.15) is 4.88 Å². The van der Waals surface area contributed by atoms with Crippen molar-refractivity contribution in [2.24, 2.45) is 5.92 Å². The van der Waals surface area contributed by atoms with Crippen LogP contribution in [0.3, 0.4) is 0 Å². The van der Waals surface area contributed by atoms with E-state index in [1.165, 1.54) is 11.3 Å². The maximum atomic E-state index is 11.7. The van der Waals surface area contributed by atoms with Crippen LogP contribution >= 0.6 is 11.3 Å². The molecule has 1 atom stereocenters. The monoisotopic (exact) mass is 265 g/mol. The Labute approximate surface area is 110 Å². The lowest BCUT2D eigenvalue weighted by atomic mass is 10.1. The fourth-order valence-corrected chi connectivity index (χ4v) is 2.93. The van der Waals surface area contributed by atoms with Crippen molar-refractivity contribution in [1.82, 2.24) is 4.90 Å². The summed E-state index contributed by atoms with van der Waals surface area (Å²) < 4.78 is 5.26. The first-order valence-electron chi connectivity index (χ1n) is 6.24. The fraction of sp³-hybridized carbons (Fsp3) is 0.538. The van der Waals surface area contributed by atoms with E-state index in [0.29, 0.717) is 23.9 Å². The first kappa shape index (κ1) is 11.7. The van der Waals surface area contributed by atoms with E-state index in [9.17, 15) is 9.59 Å². The molecule has 1 aromatic rings. The van der Waals surface area contributed by atoms with Crippen molar-refractivity contribution >= 4 is 23.2 Å². The lowest BCUT2D eigenvalue weighted by molar-refractivity contribution is -0.128. The number of carbonyl (C=O) groups is 2. The number of likely N-dealkylation sites (tertiary alicyclic amines) is 1. The van der Waals surface area contributed by atoms with E-state index in [-0.39, 0.29) is 17.8 Å². The third-order valence-electron chi connectivity index (χ3n) is 3.40. The molecular formula is C13H15NO3S. The fourth-order valence-electron chi connectivity index (χ4n) is 2.32. The van der Waals surface area contributed by atoms with Crippen molar-refractivity contribution in [2.75, 3.05) is 13.2 Å². The second kappa shape index (κ2) is 4.72. The molecule has 3 rings (SSSR count). The molecule has 4 nitrogen and oxygen atoms in total. The van der Waals surface area contributed by atoms with Gasteiger partial charge >= 0.3 is 5.97 Å². The minimum absolute atomic E-state index is 0.169. The first-order chi connectivity index (χ1) is 8.74. The summed E-state index contributed by atoms with van der Waals surface area (Å²) in [7, 11) is 0. The molecule has 1 saturated carbocycles. The Balaban J connectivity index is 1.49. The zero-order valence-electron chi connectivity index (χ0n) is 10.0. The average molecular weight is 265 g/mol. The van der Waals surface area contributed by atoms with E-state index < -0.39 is 0 Å². The number of rotatable bonds is 4. The standard InChI is InChI=1S/C13H15NO3S/c15-12-6-9(7-14(12)10-3-4-10)8-17-13(16)11-2-1-5-18-11/h1-2,5,9-10H,3-4,6-8H2/t9-/m1/s1. The summed E-state index contributed by atoms with van der Waals surface area (Å²) in [5, 5.41) is 1.85. The van der Waals surface area contributed by atoms with E-state index in [1.54, 1.807) is 6.07 Å². The molecule has 0 unspecified atom stereocenters. The summed E-state index contributed by atoms with van der Waals surface area (Å²) in [6.07, 6.45) is 2.79. The van der Waals surface area contributed by atoms with Gasteiger partial charge in [0.25, 0.3) is 0 Å². The highest BCUT2D eigenvalue weighted by Crippen LogP contribution is 2.32. The van der Waals surface area contributed by atoms with Gasteiger partial charge in [-0.2, -0.15) is 0 Å². The Morgan fingerprint density at radius 3 is 3.00 bits per heavy atom. The number of amides is 1. The summed E-state index contributed by atoms with van der Waals surface area (Å²) in [6, 6.07) is 4.05. The average Bonchev–Trinajstić information content (AvgIpc) is 2.91. The minimum Gasteiger partial charge on any atom is -0.461 e. The van der Waals surface area contributed by atoms with Gasteiger partial charge in [0, 0.05) is 24.9 Å². The molecule has 2 fully saturated rings. The predicted molar refractivity (Wildman–Crippen MR) is 67.4 cm³/mol. The zero-order chi connectivity index (χ0) is 12.5. The quantitative estimate of drug-likeness (QED) is 0.781. The molecule has 5 heteroatoms. The van der Waals surface area contributed by atoms with Crippen LogP contribution in [0.2, 0.25) is 0 Å². The lowest BCUT2D eigenvalue weighted by Crippen LogP contribution is -2.27. The molecule has 18 heavy (non-hydrogen) atoms. The summed E-state index contributed by atoms with van der Waals surface area (Å²) in [5.41, 5.74) is 0. The van der Waals surface area contributed by atoms with E-state index in [0.717, 1.165) is 19.4 Å². The topological polar surface area (TPSA) is 46.6 Å². The highest BCUT2D eigenvalue weighted by Gasteiger charge is 2.39. The van der Waals surface area contributed by atoms with E-state index in [1.807, 2.05) is 16.3 Å². The second-order valence-corrected chi connectivity index (χ2v) is 5.87. The van der Waals surface area contributed by atoms with E-state index in [4.69, 9.17) is 4.74 Å². The van der Waals surface area contributed by atoms with Crippen molar-refractivity contribution in [2.45, 2.75) is 25.3 Å². The van der Waals surface area contributed by atoms with Crippen LogP contribution < -0.4 is 0 Å². The Kier molecular flexibility index (Phi) is 3.07. The van der Waals surface area contributed by atoms with Gasteiger partial charge in [-0.1, -0.05) is 6.07 Å². The molecule has 0 aromatic carbocycles. The Morgan fingerprint density at radius 2 is 2.33 bits per heavy atom. The SMILES string of the molecule is O=C(OC[C@@H]1CC(=O)N(C2CC2)C1)c1cccs1. The highest BCUT2D eigenvalue weighted by molar-refractivity contribution is 7.11. The summed E-state index contributed by atoms with van der Waals surface area (Å²) in [4.78, 5) is 26.0. The van der Waals surface area contributed by atoms with Crippen molar-refractivity contribution in [3.8, 4) is 0 Å². The summed E-state index contributed by atoms with van der Waals surface area (Å²) in [6.45, 7) is 1.10. The Bertz CT molecular complexity index is 453. The highest BCUT2D eigenvalue weighted by atomic mass is 32.1. The van der Waals surface area contributed by atoms with Gasteiger partial charge in [-0.3, -0.25) is 4.79 Å². The lowest BCUT2D eigenvalue weighted by Gasteiger charge is -2.15. The molecule has 96 valence electrons. The third-order valence-corrected chi connectivity index (χ3v) is 4.25. The van der Waals surface area contributed by atoms with Gasteiger partial charge in [-0.15, -0.1) is 11.3 Å². The molecule has 1 saturated heterocycles. The molecule has 0 bridgehead atoms. The number of nitrogens with zero attached hydrogens (tertiary/aromatic N) is 1. The Hall–Kier alpha value is -1.36. The van der Waals surface area contributed by atoms with E-state index >= 15 is 0 Å². The van der Waals surface area contributed by atoms with Gasteiger partial charge < -0.3 is 9.64 Å². The van der Waals surface area contributed by atoms with Gasteiger partial charge in [0.05, 0.1) is 6.61 Å². The van der Waals surface area contributed by atoms with Crippen LogP contribution in [0.5, 0.6) is 0 Å². The number of esters is 1. The zero-order valence-corrected chi connectivity index (χ0v) is 10.8. The minimum atomic E-state index is -0.276. The molecule has 2 aliphatic rings. The molecular weight excluding hydrogens is 250 g/mol. The molecule has 1 aromatic heterocycles. The third kappa shape index (κ3) is 2.41. The van der Waals surface area contributed by atoms with Crippen LogP contribution in [0.25, 0.3) is 0 Å². The van der Waals surface area contributed by atoms with Gasteiger partial charge in [-0.05, 0) is 24.3 Å². The van der Waals surface area contributed by atoms with E-state index in [2.05, 4.69) is 0 Å². The van der Waals surface area contributed by atoms with Crippen LogP contribution in [0.15, 0.2) is 17.5 Å². The number of ether oxygens (including phenoxy) is 1. The predicted octanol–water partition coefficient (Wildman–Crippen LogP) is 1.92. The van der Waals surface area contributed by atoms with Crippen molar-refractivity contribution in [3.63, 3.8) is 0 Å². The van der Waals surface area contributed by atoms with Crippen LogP contribution in [0.4, 0.5) is 0 Å². The van der Waals surface area contributed by atoms with Crippen LogP contribution in [-0.2, 0) is 9.53 Å².